The minimum atomic E-state index is -0.198. The van der Waals surface area contributed by atoms with Crippen LogP contribution in [0.4, 0.5) is 0 Å². The minimum Gasteiger partial charge on any atom is -0.350 e. The molecule has 0 fully saturated rings. The lowest BCUT2D eigenvalue weighted by atomic mass is 10.2. The standard InChI is InChI=1S/C22H24N6O/c1-15(2)28-14-18(25-16(28)3)21-26-20(19-9-5-7-13-27(19)21)22(29)24-12-10-17-8-4-6-11-23-17/h4-9,11,13-15H,10,12H2,1-3H3,(H,24,29). The third-order valence-electron chi connectivity index (χ3n) is 4.86. The quantitative estimate of drug-likeness (QED) is 0.549. The molecule has 0 aliphatic heterocycles. The summed E-state index contributed by atoms with van der Waals surface area (Å²) in [6.07, 6.45) is 6.32. The van der Waals surface area contributed by atoms with E-state index in [9.17, 15) is 4.79 Å². The predicted molar refractivity (Wildman–Crippen MR) is 112 cm³/mol. The van der Waals surface area contributed by atoms with Gasteiger partial charge in [-0.1, -0.05) is 12.1 Å². The van der Waals surface area contributed by atoms with E-state index < -0.39 is 0 Å². The summed E-state index contributed by atoms with van der Waals surface area (Å²) in [5.74, 6) is 1.39. The van der Waals surface area contributed by atoms with Gasteiger partial charge in [-0.15, -0.1) is 0 Å². The van der Waals surface area contributed by atoms with Crippen LogP contribution < -0.4 is 5.32 Å². The fourth-order valence-electron chi connectivity index (χ4n) is 3.44. The van der Waals surface area contributed by atoms with Crippen LogP contribution in [0.25, 0.3) is 17.0 Å². The van der Waals surface area contributed by atoms with Crippen molar-refractivity contribution in [2.75, 3.05) is 6.54 Å². The molecule has 0 saturated carbocycles. The van der Waals surface area contributed by atoms with Crippen LogP contribution in [-0.4, -0.2) is 36.4 Å². The molecule has 0 radical (unpaired) electrons. The molecule has 0 atom stereocenters. The molecule has 7 heteroatoms. The molecule has 0 saturated heterocycles. The number of aromatic nitrogens is 5. The number of imidazole rings is 2. The average molecular weight is 388 g/mol. The molecule has 148 valence electrons. The lowest BCUT2D eigenvalue weighted by Gasteiger charge is -2.07. The zero-order chi connectivity index (χ0) is 20.4. The first kappa shape index (κ1) is 18.9. The highest BCUT2D eigenvalue weighted by atomic mass is 16.1. The fourth-order valence-corrected chi connectivity index (χ4v) is 3.44. The average Bonchev–Trinajstić information content (AvgIpc) is 3.29. The predicted octanol–water partition coefficient (Wildman–Crippen LogP) is 3.45. The Balaban J connectivity index is 1.62. The van der Waals surface area contributed by atoms with Crippen LogP contribution in [0, 0.1) is 6.92 Å². The SMILES string of the molecule is Cc1nc(-c2nc(C(=O)NCCc3ccccn3)c3ccccn23)cn1C(C)C. The Kier molecular flexibility index (Phi) is 5.12. The summed E-state index contributed by atoms with van der Waals surface area (Å²) in [6.45, 7) is 6.70. The Morgan fingerprint density at radius 2 is 1.97 bits per heavy atom. The number of fused-ring (bicyclic) bond motifs is 1. The molecule has 7 nitrogen and oxygen atoms in total. The number of hydrogen-bond donors (Lipinski definition) is 1. The molecule has 0 aromatic carbocycles. The van der Waals surface area contributed by atoms with Crippen molar-refractivity contribution in [2.24, 2.45) is 0 Å². The first-order valence-electron chi connectivity index (χ1n) is 9.75. The summed E-state index contributed by atoms with van der Waals surface area (Å²) in [5, 5.41) is 2.96. The Morgan fingerprint density at radius 1 is 1.14 bits per heavy atom. The van der Waals surface area contributed by atoms with Crippen molar-refractivity contribution in [3.63, 3.8) is 0 Å². The van der Waals surface area contributed by atoms with Crippen LogP contribution in [0.3, 0.4) is 0 Å². The first-order valence-corrected chi connectivity index (χ1v) is 9.75. The van der Waals surface area contributed by atoms with Crippen molar-refractivity contribution in [1.29, 1.82) is 0 Å². The highest BCUT2D eigenvalue weighted by Crippen LogP contribution is 2.24. The summed E-state index contributed by atoms with van der Waals surface area (Å²) in [5.41, 5.74) is 2.86. The molecular weight excluding hydrogens is 364 g/mol. The highest BCUT2D eigenvalue weighted by molar-refractivity contribution is 5.99. The van der Waals surface area contributed by atoms with E-state index in [2.05, 4.69) is 38.7 Å². The van der Waals surface area contributed by atoms with Crippen molar-refractivity contribution in [3.05, 3.63) is 72.2 Å². The topological polar surface area (TPSA) is 77.1 Å². The number of hydrogen-bond acceptors (Lipinski definition) is 4. The van der Waals surface area contributed by atoms with Gasteiger partial charge in [0.1, 0.15) is 11.5 Å². The van der Waals surface area contributed by atoms with Gasteiger partial charge in [0, 0.05) is 43.3 Å². The third kappa shape index (κ3) is 3.76. The summed E-state index contributed by atoms with van der Waals surface area (Å²) >= 11 is 0. The van der Waals surface area contributed by atoms with Gasteiger partial charge in [0.25, 0.3) is 5.91 Å². The normalized spacial score (nSPS) is 11.3. The van der Waals surface area contributed by atoms with E-state index >= 15 is 0 Å². The molecular formula is C22H24N6O. The summed E-state index contributed by atoms with van der Waals surface area (Å²) in [6, 6.07) is 11.8. The number of nitrogens with zero attached hydrogens (tertiary/aromatic N) is 5. The van der Waals surface area contributed by atoms with Gasteiger partial charge in [-0.2, -0.15) is 0 Å². The number of pyridine rings is 2. The van der Waals surface area contributed by atoms with Crippen LogP contribution in [0.2, 0.25) is 0 Å². The molecule has 4 rings (SSSR count). The fraction of sp³-hybridized carbons (Fsp3) is 0.273. The zero-order valence-corrected chi connectivity index (χ0v) is 16.8. The van der Waals surface area contributed by atoms with E-state index in [0.29, 0.717) is 30.5 Å². The molecule has 1 amide bonds. The molecule has 1 N–H and O–H groups in total. The largest absolute Gasteiger partial charge is 0.350 e. The second-order valence-corrected chi connectivity index (χ2v) is 7.24. The van der Waals surface area contributed by atoms with Gasteiger partial charge in [-0.3, -0.25) is 14.2 Å². The van der Waals surface area contributed by atoms with Gasteiger partial charge >= 0.3 is 0 Å². The summed E-state index contributed by atoms with van der Waals surface area (Å²) in [7, 11) is 0. The zero-order valence-electron chi connectivity index (χ0n) is 16.8. The highest BCUT2D eigenvalue weighted by Gasteiger charge is 2.20. The summed E-state index contributed by atoms with van der Waals surface area (Å²) in [4.78, 5) is 26.5. The van der Waals surface area contributed by atoms with Gasteiger partial charge < -0.3 is 9.88 Å². The molecule has 0 aliphatic rings. The van der Waals surface area contributed by atoms with Gasteiger partial charge in [0.05, 0.1) is 5.52 Å². The van der Waals surface area contributed by atoms with Gasteiger partial charge in [-0.05, 0) is 45.0 Å². The van der Waals surface area contributed by atoms with Gasteiger partial charge in [-0.25, -0.2) is 9.97 Å². The summed E-state index contributed by atoms with van der Waals surface area (Å²) < 4.78 is 4.02. The van der Waals surface area contributed by atoms with Crippen LogP contribution in [-0.2, 0) is 6.42 Å². The lowest BCUT2D eigenvalue weighted by Crippen LogP contribution is -2.26. The van der Waals surface area contributed by atoms with Crippen molar-refractivity contribution >= 4 is 11.4 Å². The van der Waals surface area contributed by atoms with Crippen LogP contribution in [0.1, 0.15) is 41.9 Å². The monoisotopic (exact) mass is 388 g/mol. The maximum Gasteiger partial charge on any atom is 0.272 e. The number of nitrogens with one attached hydrogen (secondary N) is 1. The van der Waals surface area contributed by atoms with Crippen molar-refractivity contribution in [3.8, 4) is 11.5 Å². The maximum atomic E-state index is 12.8. The van der Waals surface area contributed by atoms with Gasteiger partial charge in [0.15, 0.2) is 11.5 Å². The molecule has 0 bridgehead atoms. The molecule has 4 heterocycles. The number of aryl methyl sites for hydroxylation is 1. The number of amides is 1. The van der Waals surface area contributed by atoms with Crippen LogP contribution in [0.5, 0.6) is 0 Å². The van der Waals surface area contributed by atoms with E-state index in [1.807, 2.05) is 60.1 Å². The molecule has 4 aromatic heterocycles. The second kappa shape index (κ2) is 7.87. The molecule has 0 spiro atoms. The number of carbonyl (C=O) groups excluding carboxylic acids is 1. The van der Waals surface area contributed by atoms with E-state index in [0.717, 1.165) is 22.7 Å². The number of rotatable bonds is 6. The van der Waals surface area contributed by atoms with E-state index in [4.69, 9.17) is 0 Å². The molecule has 0 aliphatic carbocycles. The van der Waals surface area contributed by atoms with Crippen molar-refractivity contribution < 1.29 is 4.79 Å². The van der Waals surface area contributed by atoms with Crippen LogP contribution >= 0.6 is 0 Å². The Labute approximate surface area is 169 Å². The molecule has 29 heavy (non-hydrogen) atoms. The third-order valence-corrected chi connectivity index (χ3v) is 4.86. The van der Waals surface area contributed by atoms with E-state index in [1.165, 1.54) is 0 Å². The Morgan fingerprint density at radius 3 is 2.69 bits per heavy atom. The minimum absolute atomic E-state index is 0.198. The number of carbonyl (C=O) groups is 1. The smallest absolute Gasteiger partial charge is 0.272 e. The van der Waals surface area contributed by atoms with Gasteiger partial charge in [0.2, 0.25) is 0 Å². The van der Waals surface area contributed by atoms with E-state index in [-0.39, 0.29) is 5.91 Å². The van der Waals surface area contributed by atoms with E-state index in [1.54, 1.807) is 6.20 Å². The molecule has 4 aromatic rings. The van der Waals surface area contributed by atoms with Crippen LogP contribution in [0.15, 0.2) is 55.0 Å². The maximum absolute atomic E-state index is 12.8. The molecule has 0 unspecified atom stereocenters. The second-order valence-electron chi connectivity index (χ2n) is 7.24. The first-order chi connectivity index (χ1) is 14.0. The Hall–Kier alpha value is -3.48. The van der Waals surface area contributed by atoms with Crippen molar-refractivity contribution in [2.45, 2.75) is 33.2 Å². The lowest BCUT2D eigenvalue weighted by molar-refractivity contribution is 0.0951. The van der Waals surface area contributed by atoms with Crippen molar-refractivity contribution in [1.82, 2.24) is 29.2 Å². The Bertz CT molecular complexity index is 1140.